The lowest BCUT2D eigenvalue weighted by Crippen LogP contribution is -2.11. The van der Waals surface area contributed by atoms with Gasteiger partial charge in [-0.15, -0.1) is 0 Å². The molecule has 5 nitrogen and oxygen atoms in total. The summed E-state index contributed by atoms with van der Waals surface area (Å²) in [5.41, 5.74) is 0.353. The molecule has 0 saturated carbocycles. The molecule has 0 fully saturated rings. The van der Waals surface area contributed by atoms with Crippen LogP contribution in [0.3, 0.4) is 0 Å². The Morgan fingerprint density at radius 3 is 2.24 bits per heavy atom. The number of carbonyl (C=O) groups is 3. The first kappa shape index (κ1) is 12.9. The molecule has 0 spiro atoms. The smallest absolute Gasteiger partial charge is 0.338 e. The molecule has 1 aromatic carbocycles. The number of ether oxygens (including phenoxy) is 1. The monoisotopic (exact) mass is 236 g/mol. The number of benzene rings is 1. The molecule has 0 saturated heterocycles. The fourth-order valence-corrected chi connectivity index (χ4v) is 1.37. The van der Waals surface area contributed by atoms with E-state index in [1.54, 1.807) is 12.1 Å². The average molecular weight is 236 g/mol. The van der Waals surface area contributed by atoms with Crippen LogP contribution in [0.4, 0.5) is 0 Å². The number of aliphatic carboxylic acids is 1. The fourth-order valence-electron chi connectivity index (χ4n) is 1.37. The van der Waals surface area contributed by atoms with Crippen LogP contribution in [-0.4, -0.2) is 29.9 Å². The highest BCUT2D eigenvalue weighted by atomic mass is 16.5. The molecule has 0 radical (unpaired) electrons. The molecule has 1 aromatic rings. The summed E-state index contributed by atoms with van der Waals surface area (Å²) < 4.78 is 4.55. The van der Waals surface area contributed by atoms with Gasteiger partial charge in [0.1, 0.15) is 0 Å². The zero-order valence-corrected chi connectivity index (χ0v) is 9.30. The van der Waals surface area contributed by atoms with E-state index in [9.17, 15) is 14.4 Å². The molecule has 0 heterocycles. The highest BCUT2D eigenvalue weighted by Gasteiger charge is 2.17. The van der Waals surface area contributed by atoms with E-state index in [1.807, 2.05) is 0 Å². The van der Waals surface area contributed by atoms with Crippen molar-refractivity contribution >= 4 is 17.7 Å². The number of hydrogen-bond donors (Lipinski definition) is 1. The Bertz CT molecular complexity index is 450. The Kier molecular flexibility index (Phi) is 4.39. The highest BCUT2D eigenvalue weighted by molar-refractivity contribution is 6.06. The van der Waals surface area contributed by atoms with Crippen molar-refractivity contribution in [1.82, 2.24) is 0 Å². The molecular weight excluding hydrogens is 224 g/mol. The molecule has 17 heavy (non-hydrogen) atoms. The van der Waals surface area contributed by atoms with Crippen LogP contribution in [0, 0.1) is 0 Å². The molecule has 1 N–H and O–H groups in total. The van der Waals surface area contributed by atoms with Crippen LogP contribution in [0.15, 0.2) is 24.3 Å². The molecule has 1 rings (SSSR count). The van der Waals surface area contributed by atoms with Gasteiger partial charge in [0.25, 0.3) is 0 Å². The Labute approximate surface area is 98.0 Å². The lowest BCUT2D eigenvalue weighted by atomic mass is 10.0. The molecule has 0 amide bonds. The summed E-state index contributed by atoms with van der Waals surface area (Å²) in [6.07, 6.45) is -0.391. The summed E-state index contributed by atoms with van der Waals surface area (Å²) >= 11 is 0. The first-order chi connectivity index (χ1) is 8.06. The average Bonchev–Trinajstić information content (AvgIpc) is 2.34. The van der Waals surface area contributed by atoms with Gasteiger partial charge in [0.2, 0.25) is 0 Å². The number of carboxylic acids is 1. The third-order valence-electron chi connectivity index (χ3n) is 2.20. The Morgan fingerprint density at radius 2 is 1.71 bits per heavy atom. The first-order valence-corrected chi connectivity index (χ1v) is 4.98. The van der Waals surface area contributed by atoms with Crippen LogP contribution in [0.5, 0.6) is 0 Å². The topological polar surface area (TPSA) is 80.7 Å². The SMILES string of the molecule is COC(=O)c1ccccc1C(=O)CCC(=O)O. The number of methoxy groups -OCH3 is 1. The van der Waals surface area contributed by atoms with Gasteiger partial charge in [-0.05, 0) is 6.07 Å². The molecule has 5 heteroatoms. The maximum absolute atomic E-state index is 11.7. The van der Waals surface area contributed by atoms with E-state index >= 15 is 0 Å². The minimum Gasteiger partial charge on any atom is -0.481 e. The van der Waals surface area contributed by atoms with Crippen molar-refractivity contribution in [1.29, 1.82) is 0 Å². The fraction of sp³-hybridized carbons (Fsp3) is 0.250. The molecule has 0 aliphatic heterocycles. The number of carbonyl (C=O) groups excluding carboxylic acids is 2. The lowest BCUT2D eigenvalue weighted by molar-refractivity contribution is -0.136. The number of rotatable bonds is 5. The summed E-state index contributed by atoms with van der Waals surface area (Å²) in [7, 11) is 1.22. The number of hydrogen-bond acceptors (Lipinski definition) is 4. The van der Waals surface area contributed by atoms with E-state index in [1.165, 1.54) is 19.2 Å². The van der Waals surface area contributed by atoms with E-state index in [0.29, 0.717) is 0 Å². The maximum atomic E-state index is 11.7. The van der Waals surface area contributed by atoms with Crippen LogP contribution >= 0.6 is 0 Å². The third-order valence-corrected chi connectivity index (χ3v) is 2.20. The second-order valence-corrected chi connectivity index (χ2v) is 3.35. The minimum atomic E-state index is -1.05. The molecule has 0 aromatic heterocycles. The normalized spacial score (nSPS) is 9.71. The van der Waals surface area contributed by atoms with E-state index in [-0.39, 0.29) is 29.8 Å². The van der Waals surface area contributed by atoms with Crippen molar-refractivity contribution in [2.75, 3.05) is 7.11 Å². The van der Waals surface area contributed by atoms with Gasteiger partial charge in [0.05, 0.1) is 19.1 Å². The van der Waals surface area contributed by atoms with E-state index in [0.717, 1.165) is 0 Å². The second kappa shape index (κ2) is 5.79. The molecule has 0 aliphatic rings. The molecule has 90 valence electrons. The zero-order valence-electron chi connectivity index (χ0n) is 9.30. The summed E-state index contributed by atoms with van der Waals surface area (Å²) in [4.78, 5) is 33.5. The molecular formula is C12H12O5. The van der Waals surface area contributed by atoms with Crippen LogP contribution in [0.25, 0.3) is 0 Å². The molecule has 0 bridgehead atoms. The van der Waals surface area contributed by atoms with Gasteiger partial charge in [-0.1, -0.05) is 18.2 Å². The van der Waals surface area contributed by atoms with Crippen LogP contribution in [0.1, 0.15) is 33.6 Å². The van der Waals surface area contributed by atoms with Crippen LogP contribution in [-0.2, 0) is 9.53 Å². The van der Waals surface area contributed by atoms with Crippen LogP contribution < -0.4 is 0 Å². The quantitative estimate of drug-likeness (QED) is 0.619. The number of ketones is 1. The van der Waals surface area contributed by atoms with E-state index in [2.05, 4.69) is 4.74 Å². The molecule has 0 unspecified atom stereocenters. The van der Waals surface area contributed by atoms with Gasteiger partial charge in [0.15, 0.2) is 5.78 Å². The summed E-state index contributed by atoms with van der Waals surface area (Å²) in [5, 5.41) is 8.49. The second-order valence-electron chi connectivity index (χ2n) is 3.35. The summed E-state index contributed by atoms with van der Waals surface area (Å²) in [6.45, 7) is 0. The standard InChI is InChI=1S/C12H12O5/c1-17-12(16)9-5-3-2-4-8(9)10(13)6-7-11(14)15/h2-5H,6-7H2,1H3,(H,14,15). The van der Waals surface area contributed by atoms with Crippen molar-refractivity contribution in [3.05, 3.63) is 35.4 Å². The van der Waals surface area contributed by atoms with Crippen LogP contribution in [0.2, 0.25) is 0 Å². The van der Waals surface area contributed by atoms with E-state index in [4.69, 9.17) is 5.11 Å². The van der Waals surface area contributed by atoms with Gasteiger partial charge < -0.3 is 9.84 Å². The maximum Gasteiger partial charge on any atom is 0.338 e. The van der Waals surface area contributed by atoms with E-state index < -0.39 is 11.9 Å². The van der Waals surface area contributed by atoms with Gasteiger partial charge >= 0.3 is 11.9 Å². The predicted molar refractivity (Wildman–Crippen MR) is 59.0 cm³/mol. The largest absolute Gasteiger partial charge is 0.481 e. The Morgan fingerprint density at radius 1 is 1.12 bits per heavy atom. The van der Waals surface area contributed by atoms with Gasteiger partial charge in [-0.2, -0.15) is 0 Å². The zero-order chi connectivity index (χ0) is 12.8. The van der Waals surface area contributed by atoms with Crippen molar-refractivity contribution in [3.63, 3.8) is 0 Å². The Hall–Kier alpha value is -2.17. The van der Waals surface area contributed by atoms with Gasteiger partial charge in [-0.25, -0.2) is 4.79 Å². The Balaban J connectivity index is 2.93. The molecule has 0 atom stereocenters. The van der Waals surface area contributed by atoms with Crippen molar-refractivity contribution in [3.8, 4) is 0 Å². The van der Waals surface area contributed by atoms with Crippen molar-refractivity contribution in [2.45, 2.75) is 12.8 Å². The number of Topliss-reactive ketones (excluding diaryl/α,β-unsaturated/α-hetero) is 1. The van der Waals surface area contributed by atoms with Gasteiger partial charge in [0, 0.05) is 12.0 Å². The first-order valence-electron chi connectivity index (χ1n) is 4.98. The van der Waals surface area contributed by atoms with Crippen molar-refractivity contribution in [2.24, 2.45) is 0 Å². The summed E-state index contributed by atoms with van der Waals surface area (Å²) in [5.74, 6) is -2.04. The van der Waals surface area contributed by atoms with Gasteiger partial charge in [-0.3, -0.25) is 9.59 Å². The lowest BCUT2D eigenvalue weighted by Gasteiger charge is -2.05. The number of carboxylic acid groups (broad SMARTS) is 1. The molecule has 0 aliphatic carbocycles. The third kappa shape index (κ3) is 3.41. The summed E-state index contributed by atoms with van der Waals surface area (Å²) in [6, 6.07) is 6.18. The predicted octanol–water partition coefficient (Wildman–Crippen LogP) is 1.52. The van der Waals surface area contributed by atoms with Crippen molar-refractivity contribution < 1.29 is 24.2 Å². The minimum absolute atomic E-state index is 0.136. The highest BCUT2D eigenvalue weighted by Crippen LogP contribution is 2.13. The number of esters is 1.